The lowest BCUT2D eigenvalue weighted by Crippen LogP contribution is -2.10. The Kier molecular flexibility index (Phi) is 8.45. The molecule has 0 saturated carbocycles. The van der Waals surface area contributed by atoms with E-state index in [-0.39, 0.29) is 5.84 Å². The Morgan fingerprint density at radius 1 is 0.463 bits per heavy atom. The van der Waals surface area contributed by atoms with Gasteiger partial charge in [0.15, 0.2) is 0 Å². The lowest BCUT2D eigenvalue weighted by Gasteiger charge is -2.15. The first-order chi connectivity index (χ1) is 26.5. The molecule has 3 nitrogen and oxygen atoms in total. The highest BCUT2D eigenvalue weighted by molar-refractivity contribution is 6.25. The third kappa shape index (κ3) is 5.96. The zero-order valence-electron chi connectivity index (χ0n) is 30.1. The molecule has 0 atom stereocenters. The van der Waals surface area contributed by atoms with Gasteiger partial charge in [0.2, 0.25) is 0 Å². The second kappa shape index (κ2) is 13.9. The average molecular weight is 694 g/mol. The number of nitrogen functional groups attached to an aromatic ring is 1. The topological polar surface area (TPSA) is 54.8 Å². The van der Waals surface area contributed by atoms with Crippen LogP contribution in [-0.4, -0.2) is 10.4 Å². The zero-order chi connectivity index (χ0) is 36.6. The van der Waals surface area contributed by atoms with Crippen LogP contribution in [0.25, 0.3) is 70.9 Å². The predicted molar refractivity (Wildman–Crippen MR) is 230 cm³/mol. The van der Waals surface area contributed by atoms with E-state index in [0.717, 1.165) is 17.5 Å². The Balaban J connectivity index is 0.000000336. The Morgan fingerprint density at radius 2 is 0.981 bits per heavy atom. The molecule has 0 fully saturated rings. The summed E-state index contributed by atoms with van der Waals surface area (Å²) in [7, 11) is 0. The average Bonchev–Trinajstić information content (AvgIpc) is 3.55. The molecule has 10 aromatic rings. The van der Waals surface area contributed by atoms with E-state index in [0.29, 0.717) is 0 Å². The summed E-state index contributed by atoms with van der Waals surface area (Å²) in [6, 6.07) is 67.6. The van der Waals surface area contributed by atoms with Crippen LogP contribution in [0.2, 0.25) is 0 Å². The largest absolute Gasteiger partial charge is 0.384 e. The number of aryl methyl sites for hydroxylation is 1. The number of nitrogens with one attached hydrogen (secondary N) is 1. The van der Waals surface area contributed by atoms with Gasteiger partial charge in [0.05, 0.1) is 16.7 Å². The summed E-state index contributed by atoms with van der Waals surface area (Å²) < 4.78 is 2.42. The van der Waals surface area contributed by atoms with Gasteiger partial charge < -0.3 is 10.3 Å². The number of aromatic nitrogens is 1. The summed E-state index contributed by atoms with van der Waals surface area (Å²) in [6.45, 7) is 1.98. The van der Waals surface area contributed by atoms with E-state index in [1.54, 1.807) is 0 Å². The van der Waals surface area contributed by atoms with E-state index in [4.69, 9.17) is 11.1 Å². The molecule has 0 aliphatic carbocycles. The van der Waals surface area contributed by atoms with Crippen LogP contribution in [-0.2, 0) is 6.42 Å². The standard InChI is InChI=1S/C43H29N.C8H10N2/c1-2-17-35-33(15-1)34-16-3-4-18-36(34)40-28-30(24-25-37(35)40)26-29-12-11-13-31(27-29)32-14-5-8-21-41(32)44-42-22-9-6-19-38(42)39-20-7-10-23-43(39)44;1-6-3-2-4-7(5-6)8(9)10/h1-25,27-28H,26H2;2-5H,1H3,(H3,9,10). The first-order valence-corrected chi connectivity index (χ1v) is 18.4. The second-order valence-electron chi connectivity index (χ2n) is 14.0. The van der Waals surface area contributed by atoms with E-state index in [9.17, 15) is 0 Å². The van der Waals surface area contributed by atoms with Crippen LogP contribution < -0.4 is 5.73 Å². The summed E-state index contributed by atoms with van der Waals surface area (Å²) in [4.78, 5) is 0. The van der Waals surface area contributed by atoms with Gasteiger partial charge in [0.25, 0.3) is 0 Å². The number of nitrogens with zero attached hydrogens (tertiary/aromatic N) is 1. The minimum Gasteiger partial charge on any atom is -0.384 e. The molecule has 10 rings (SSSR count). The molecule has 0 bridgehead atoms. The van der Waals surface area contributed by atoms with Crippen molar-refractivity contribution in [2.24, 2.45) is 5.73 Å². The fourth-order valence-electron chi connectivity index (χ4n) is 8.06. The summed E-state index contributed by atoms with van der Waals surface area (Å²) in [5.41, 5.74) is 16.0. The molecule has 1 aromatic heterocycles. The molecule has 1 heterocycles. The molecular weight excluding hydrogens is 655 g/mol. The van der Waals surface area contributed by atoms with E-state index < -0.39 is 0 Å². The van der Waals surface area contributed by atoms with Crippen LogP contribution in [0.1, 0.15) is 22.3 Å². The summed E-state index contributed by atoms with van der Waals surface area (Å²) in [5.74, 6) is 0.128. The second-order valence-corrected chi connectivity index (χ2v) is 14.0. The summed E-state index contributed by atoms with van der Waals surface area (Å²) >= 11 is 0. The number of benzene rings is 9. The molecule has 0 radical (unpaired) electrons. The molecule has 0 amide bonds. The van der Waals surface area contributed by atoms with Crippen molar-refractivity contribution < 1.29 is 0 Å². The monoisotopic (exact) mass is 693 g/mol. The Morgan fingerprint density at radius 3 is 1.59 bits per heavy atom. The van der Waals surface area contributed by atoms with Crippen molar-refractivity contribution in [1.82, 2.24) is 4.57 Å². The highest BCUT2D eigenvalue weighted by Gasteiger charge is 2.15. The summed E-state index contributed by atoms with van der Waals surface area (Å²) in [6.07, 6.45) is 0.877. The van der Waals surface area contributed by atoms with Gasteiger partial charge in [-0.1, -0.05) is 169 Å². The molecule has 0 saturated heterocycles. The van der Waals surface area contributed by atoms with Crippen LogP contribution in [0.4, 0.5) is 0 Å². The Bertz CT molecular complexity index is 2930. The van der Waals surface area contributed by atoms with Crippen LogP contribution in [0.15, 0.2) is 188 Å². The number of para-hydroxylation sites is 3. The number of hydrogen-bond acceptors (Lipinski definition) is 1. The number of amidine groups is 1. The van der Waals surface area contributed by atoms with Crippen LogP contribution >= 0.6 is 0 Å². The SMILES string of the molecule is Cc1cccc(C(=N)N)c1.c1cc(Cc2ccc3c4ccccc4c4ccccc4c3c2)cc(-c2ccccc2-n2c3ccccc3c3ccccc32)c1. The highest BCUT2D eigenvalue weighted by Crippen LogP contribution is 2.38. The number of nitrogens with two attached hydrogens (primary N) is 1. The van der Waals surface area contributed by atoms with Crippen molar-refractivity contribution in [3.63, 3.8) is 0 Å². The van der Waals surface area contributed by atoms with Gasteiger partial charge in [-0.25, -0.2) is 0 Å². The van der Waals surface area contributed by atoms with Gasteiger partial charge in [-0.15, -0.1) is 0 Å². The highest BCUT2D eigenvalue weighted by atomic mass is 15.0. The zero-order valence-corrected chi connectivity index (χ0v) is 30.1. The Labute approximate surface area is 315 Å². The van der Waals surface area contributed by atoms with Crippen molar-refractivity contribution in [3.05, 3.63) is 210 Å². The minimum atomic E-state index is 0.128. The quantitative estimate of drug-likeness (QED) is 0.105. The first kappa shape index (κ1) is 32.9. The van der Waals surface area contributed by atoms with Crippen molar-refractivity contribution in [2.75, 3.05) is 0 Å². The van der Waals surface area contributed by atoms with Gasteiger partial charge in [0.1, 0.15) is 5.84 Å². The summed E-state index contributed by atoms with van der Waals surface area (Å²) in [5, 5.41) is 17.6. The van der Waals surface area contributed by atoms with E-state index >= 15 is 0 Å². The van der Waals surface area contributed by atoms with Gasteiger partial charge in [0, 0.05) is 21.9 Å². The van der Waals surface area contributed by atoms with E-state index in [1.165, 1.54) is 82.1 Å². The maximum atomic E-state index is 7.11. The van der Waals surface area contributed by atoms with Crippen LogP contribution in [0, 0.1) is 12.3 Å². The van der Waals surface area contributed by atoms with Crippen molar-refractivity contribution in [1.29, 1.82) is 5.41 Å². The van der Waals surface area contributed by atoms with Gasteiger partial charge in [-0.2, -0.15) is 0 Å². The molecular formula is C51H39N3. The van der Waals surface area contributed by atoms with Crippen LogP contribution in [0.3, 0.4) is 0 Å². The normalized spacial score (nSPS) is 11.3. The maximum Gasteiger partial charge on any atom is 0.122 e. The molecule has 0 aliphatic heterocycles. The Hall–Kier alpha value is -6.97. The molecule has 9 aromatic carbocycles. The fraction of sp³-hybridized carbons (Fsp3) is 0.0392. The van der Waals surface area contributed by atoms with E-state index in [1.807, 2.05) is 31.2 Å². The lowest BCUT2D eigenvalue weighted by atomic mass is 9.92. The first-order valence-electron chi connectivity index (χ1n) is 18.4. The minimum absolute atomic E-state index is 0.128. The molecule has 0 aliphatic rings. The van der Waals surface area contributed by atoms with Crippen molar-refractivity contribution in [2.45, 2.75) is 13.3 Å². The predicted octanol–water partition coefficient (Wildman–Crippen LogP) is 12.8. The van der Waals surface area contributed by atoms with Crippen molar-refractivity contribution >= 4 is 60.0 Å². The third-order valence-electron chi connectivity index (χ3n) is 10.5. The van der Waals surface area contributed by atoms with Crippen molar-refractivity contribution in [3.8, 4) is 16.8 Å². The third-order valence-corrected chi connectivity index (χ3v) is 10.5. The molecule has 3 N–H and O–H groups in total. The maximum absolute atomic E-state index is 7.11. The smallest absolute Gasteiger partial charge is 0.122 e. The molecule has 258 valence electrons. The molecule has 3 heteroatoms. The van der Waals surface area contributed by atoms with Gasteiger partial charge >= 0.3 is 0 Å². The molecule has 0 unspecified atom stereocenters. The molecule has 54 heavy (non-hydrogen) atoms. The lowest BCUT2D eigenvalue weighted by molar-refractivity contribution is 1.18. The molecule has 0 spiro atoms. The van der Waals surface area contributed by atoms with Gasteiger partial charge in [-0.05, 0) is 86.6 Å². The van der Waals surface area contributed by atoms with Crippen LogP contribution in [0.5, 0.6) is 0 Å². The number of rotatable bonds is 5. The number of hydrogen-bond donors (Lipinski definition) is 2. The van der Waals surface area contributed by atoms with Gasteiger partial charge in [-0.3, -0.25) is 5.41 Å². The van der Waals surface area contributed by atoms with E-state index in [2.05, 4.69) is 168 Å². The fourth-order valence-corrected chi connectivity index (χ4v) is 8.06. The number of fused-ring (bicyclic) bond motifs is 9.